The molecule has 0 bridgehead atoms. The third-order valence-electron chi connectivity index (χ3n) is 2.40. The maximum absolute atomic E-state index is 11.4. The number of rotatable bonds is 2. The lowest BCUT2D eigenvalue weighted by Gasteiger charge is -2.12. The summed E-state index contributed by atoms with van der Waals surface area (Å²) in [5.74, 6) is -0.177. The van der Waals surface area contributed by atoms with Crippen LogP contribution in [0.15, 0.2) is 23.1 Å². The molecule has 1 saturated heterocycles. The predicted octanol–water partition coefficient (Wildman–Crippen LogP) is 2.46. The van der Waals surface area contributed by atoms with Gasteiger partial charge in [0.1, 0.15) is 0 Å². The summed E-state index contributed by atoms with van der Waals surface area (Å²) in [5.41, 5.74) is 2.28. The summed E-state index contributed by atoms with van der Waals surface area (Å²) in [5, 5.41) is 0. The molecule has 0 atom stereocenters. The number of imide groups is 1. The van der Waals surface area contributed by atoms with Crippen LogP contribution in [-0.2, 0) is 9.59 Å². The van der Waals surface area contributed by atoms with Crippen LogP contribution in [-0.4, -0.2) is 16.1 Å². The Bertz CT molecular complexity index is 420. The van der Waals surface area contributed by atoms with Crippen molar-refractivity contribution in [1.29, 1.82) is 0 Å². The Kier molecular flexibility index (Phi) is 3.01. The largest absolute Gasteiger partial charge is 0.273 e. The van der Waals surface area contributed by atoms with Crippen molar-refractivity contribution in [2.75, 3.05) is 0 Å². The molecule has 1 aromatic rings. The van der Waals surface area contributed by atoms with Gasteiger partial charge in [-0.3, -0.25) is 9.59 Å². The fraction of sp³-hybridized carbons (Fsp3) is 0.333. The van der Waals surface area contributed by atoms with Gasteiger partial charge in [0, 0.05) is 17.7 Å². The summed E-state index contributed by atoms with van der Waals surface area (Å²) in [6.07, 6.45) is 0.688. The Morgan fingerprint density at radius 1 is 1.00 bits per heavy atom. The van der Waals surface area contributed by atoms with Crippen molar-refractivity contribution in [2.45, 2.75) is 31.6 Å². The van der Waals surface area contributed by atoms with Gasteiger partial charge >= 0.3 is 0 Å². The first-order valence-corrected chi connectivity index (χ1v) is 5.95. The monoisotopic (exact) mass is 235 g/mol. The van der Waals surface area contributed by atoms with E-state index in [9.17, 15) is 9.59 Å². The van der Waals surface area contributed by atoms with Crippen LogP contribution in [0.3, 0.4) is 0 Å². The predicted molar refractivity (Wildman–Crippen MR) is 62.9 cm³/mol. The molecule has 4 heteroatoms. The van der Waals surface area contributed by atoms with E-state index in [1.54, 1.807) is 0 Å². The van der Waals surface area contributed by atoms with E-state index in [1.165, 1.54) is 16.3 Å². The van der Waals surface area contributed by atoms with Crippen LogP contribution in [0.25, 0.3) is 0 Å². The van der Waals surface area contributed by atoms with E-state index >= 15 is 0 Å². The summed E-state index contributed by atoms with van der Waals surface area (Å²) in [4.78, 5) is 23.8. The summed E-state index contributed by atoms with van der Waals surface area (Å²) in [6, 6.07) is 6.03. The third kappa shape index (κ3) is 2.27. The van der Waals surface area contributed by atoms with E-state index in [0.717, 1.165) is 16.0 Å². The van der Waals surface area contributed by atoms with Gasteiger partial charge in [0.25, 0.3) is 0 Å². The van der Waals surface area contributed by atoms with Gasteiger partial charge in [0.05, 0.1) is 0 Å². The third-order valence-corrected chi connectivity index (χ3v) is 3.43. The summed E-state index contributed by atoms with van der Waals surface area (Å²) in [6.45, 7) is 4.01. The van der Waals surface area contributed by atoms with Crippen LogP contribution in [0.5, 0.6) is 0 Å². The summed E-state index contributed by atoms with van der Waals surface area (Å²) >= 11 is 1.23. The zero-order valence-electron chi connectivity index (χ0n) is 9.32. The molecule has 0 aliphatic carbocycles. The minimum Gasteiger partial charge on any atom is -0.273 e. The average Bonchev–Trinajstić information content (AvgIpc) is 2.48. The molecule has 1 heterocycles. The van der Waals surface area contributed by atoms with Crippen LogP contribution in [0.4, 0.5) is 0 Å². The normalized spacial score (nSPS) is 16.0. The van der Waals surface area contributed by atoms with Gasteiger partial charge in [-0.1, -0.05) is 6.07 Å². The van der Waals surface area contributed by atoms with Gasteiger partial charge in [-0.25, -0.2) is 4.31 Å². The van der Waals surface area contributed by atoms with Crippen molar-refractivity contribution < 1.29 is 9.59 Å². The zero-order chi connectivity index (χ0) is 11.7. The van der Waals surface area contributed by atoms with Gasteiger partial charge < -0.3 is 0 Å². The summed E-state index contributed by atoms with van der Waals surface area (Å²) < 4.78 is 1.27. The highest BCUT2D eigenvalue weighted by Crippen LogP contribution is 2.29. The Morgan fingerprint density at radius 2 is 1.50 bits per heavy atom. The molecular weight excluding hydrogens is 222 g/mol. The molecule has 2 rings (SSSR count). The van der Waals surface area contributed by atoms with E-state index < -0.39 is 0 Å². The van der Waals surface area contributed by atoms with Gasteiger partial charge in [-0.15, -0.1) is 0 Å². The van der Waals surface area contributed by atoms with Crippen LogP contribution < -0.4 is 0 Å². The number of nitrogens with zero attached hydrogens (tertiary/aromatic N) is 1. The van der Waals surface area contributed by atoms with Crippen molar-refractivity contribution in [1.82, 2.24) is 4.31 Å². The molecule has 0 radical (unpaired) electrons. The molecule has 3 nitrogen and oxygen atoms in total. The minimum atomic E-state index is -0.0887. The first kappa shape index (κ1) is 11.2. The van der Waals surface area contributed by atoms with Gasteiger partial charge in [0.2, 0.25) is 11.8 Å². The van der Waals surface area contributed by atoms with Crippen molar-refractivity contribution in [3.05, 3.63) is 29.3 Å². The van der Waals surface area contributed by atoms with E-state index in [-0.39, 0.29) is 11.8 Å². The molecule has 0 spiro atoms. The number of carbonyl (C=O) groups excluding carboxylic acids is 2. The molecule has 0 unspecified atom stereocenters. The number of hydrogen-bond donors (Lipinski definition) is 0. The molecule has 1 aliphatic heterocycles. The number of aryl methyl sites for hydroxylation is 2. The second-order valence-corrected chi connectivity index (χ2v) is 5.02. The molecule has 16 heavy (non-hydrogen) atoms. The zero-order valence-corrected chi connectivity index (χ0v) is 10.1. The lowest BCUT2D eigenvalue weighted by atomic mass is 10.2. The van der Waals surface area contributed by atoms with E-state index in [2.05, 4.69) is 6.07 Å². The second-order valence-electron chi connectivity index (χ2n) is 4.00. The second kappa shape index (κ2) is 4.29. The topological polar surface area (TPSA) is 37.4 Å². The molecule has 0 saturated carbocycles. The highest BCUT2D eigenvalue weighted by Gasteiger charge is 2.29. The first-order valence-electron chi connectivity index (χ1n) is 5.18. The highest BCUT2D eigenvalue weighted by atomic mass is 32.2. The van der Waals surface area contributed by atoms with Crippen LogP contribution in [0, 0.1) is 13.8 Å². The van der Waals surface area contributed by atoms with Gasteiger partial charge in [0.15, 0.2) is 0 Å². The number of carbonyl (C=O) groups is 2. The molecule has 2 amide bonds. The van der Waals surface area contributed by atoms with Gasteiger partial charge in [-0.05, 0) is 49.1 Å². The maximum atomic E-state index is 11.4. The Morgan fingerprint density at radius 3 is 2.00 bits per heavy atom. The SMILES string of the molecule is Cc1cc(C)cc(SN2C(=O)CCC2=O)c1. The number of hydrogen-bond acceptors (Lipinski definition) is 3. The molecule has 1 aliphatic rings. The number of benzene rings is 1. The van der Waals surface area contributed by atoms with E-state index in [1.807, 2.05) is 26.0 Å². The average molecular weight is 235 g/mol. The molecule has 0 aromatic heterocycles. The van der Waals surface area contributed by atoms with Crippen molar-refractivity contribution in [3.8, 4) is 0 Å². The summed E-state index contributed by atoms with van der Waals surface area (Å²) in [7, 11) is 0. The Hall–Kier alpha value is -1.29. The quantitative estimate of drug-likeness (QED) is 0.583. The van der Waals surface area contributed by atoms with Crippen molar-refractivity contribution in [2.24, 2.45) is 0 Å². The Labute approximate surface area is 99.0 Å². The fourth-order valence-electron chi connectivity index (χ4n) is 1.75. The lowest BCUT2D eigenvalue weighted by molar-refractivity contribution is -0.131. The fourth-order valence-corrected chi connectivity index (χ4v) is 2.82. The minimum absolute atomic E-state index is 0.0887. The number of amides is 2. The van der Waals surface area contributed by atoms with Crippen molar-refractivity contribution >= 4 is 23.8 Å². The van der Waals surface area contributed by atoms with Crippen LogP contribution >= 0.6 is 11.9 Å². The molecule has 1 fully saturated rings. The molecule has 84 valence electrons. The molecular formula is C12H13NO2S. The van der Waals surface area contributed by atoms with Crippen molar-refractivity contribution in [3.63, 3.8) is 0 Å². The van der Waals surface area contributed by atoms with E-state index in [0.29, 0.717) is 12.8 Å². The first-order chi connectivity index (χ1) is 7.56. The lowest BCUT2D eigenvalue weighted by Crippen LogP contribution is -2.20. The molecule has 1 aromatic carbocycles. The van der Waals surface area contributed by atoms with Crippen LogP contribution in [0.1, 0.15) is 24.0 Å². The Balaban J connectivity index is 2.20. The van der Waals surface area contributed by atoms with Crippen LogP contribution in [0.2, 0.25) is 0 Å². The smallest absolute Gasteiger partial charge is 0.240 e. The maximum Gasteiger partial charge on any atom is 0.240 e. The molecule has 0 N–H and O–H groups in total. The standard InChI is InChI=1S/C12H13NO2S/c1-8-5-9(2)7-10(6-8)16-13-11(14)3-4-12(13)15/h5-7H,3-4H2,1-2H3. The van der Waals surface area contributed by atoms with E-state index in [4.69, 9.17) is 0 Å². The van der Waals surface area contributed by atoms with Gasteiger partial charge in [-0.2, -0.15) is 0 Å². The highest BCUT2D eigenvalue weighted by molar-refractivity contribution is 7.98.